The number of aryl methyl sites for hydroxylation is 1. The van der Waals surface area contributed by atoms with Crippen molar-refractivity contribution in [2.24, 2.45) is 11.8 Å². The van der Waals surface area contributed by atoms with Crippen molar-refractivity contribution in [3.8, 4) is 0 Å². The fraction of sp³-hybridized carbons (Fsp3) is 0.577. The number of unbranched alkanes of at least 4 members (excludes halogenated alkanes) is 1. The molecule has 4 atom stereocenters. The van der Waals surface area contributed by atoms with E-state index in [1.54, 1.807) is 0 Å². The fourth-order valence-electron chi connectivity index (χ4n) is 4.02. The van der Waals surface area contributed by atoms with Gasteiger partial charge in [-0.2, -0.15) is 0 Å². The normalized spacial score (nSPS) is 23.9. The van der Waals surface area contributed by atoms with Crippen LogP contribution in [0.15, 0.2) is 54.6 Å². The summed E-state index contributed by atoms with van der Waals surface area (Å²) in [6.07, 6.45) is 7.71. The predicted molar refractivity (Wildman–Crippen MR) is 121 cm³/mol. The van der Waals surface area contributed by atoms with Gasteiger partial charge in [0.2, 0.25) is 0 Å². The molecule has 1 aromatic rings. The molecule has 6 heteroatoms. The Morgan fingerprint density at radius 2 is 1.94 bits per heavy atom. The number of ether oxygens (including phenoxy) is 1. The van der Waals surface area contributed by atoms with Crippen molar-refractivity contribution in [3.05, 3.63) is 60.2 Å². The van der Waals surface area contributed by atoms with E-state index < -0.39 is 24.0 Å². The van der Waals surface area contributed by atoms with E-state index in [-0.39, 0.29) is 31.1 Å². The van der Waals surface area contributed by atoms with Crippen LogP contribution in [-0.2, 0) is 16.0 Å². The lowest BCUT2D eigenvalue weighted by molar-refractivity contribution is -0.143. The first kappa shape index (κ1) is 26.2. The lowest BCUT2D eigenvalue weighted by Crippen LogP contribution is -2.21. The Balaban J connectivity index is 1.82. The van der Waals surface area contributed by atoms with Gasteiger partial charge in [-0.3, -0.25) is 4.79 Å². The molecule has 0 unspecified atom stereocenters. The smallest absolute Gasteiger partial charge is 0.305 e. The summed E-state index contributed by atoms with van der Waals surface area (Å²) >= 11 is 0. The molecule has 2 rings (SSSR count). The number of carbonyl (C=O) groups excluding carboxylic acids is 1. The van der Waals surface area contributed by atoms with Crippen LogP contribution in [0.3, 0.4) is 0 Å². The van der Waals surface area contributed by atoms with Crippen molar-refractivity contribution in [1.82, 2.24) is 0 Å². The molecule has 0 aliphatic heterocycles. The molecule has 0 bridgehead atoms. The number of carbonyl (C=O) groups is 1. The molecule has 1 fully saturated rings. The Kier molecular flexibility index (Phi) is 11.0. The second-order valence-corrected chi connectivity index (χ2v) is 8.54. The van der Waals surface area contributed by atoms with Crippen LogP contribution in [0.2, 0.25) is 0 Å². The van der Waals surface area contributed by atoms with Crippen LogP contribution in [-0.4, -0.2) is 40.9 Å². The van der Waals surface area contributed by atoms with Gasteiger partial charge >= 0.3 is 5.97 Å². The molecule has 32 heavy (non-hydrogen) atoms. The molecule has 0 aromatic heterocycles. The molecule has 0 heterocycles. The van der Waals surface area contributed by atoms with Gasteiger partial charge in [-0.1, -0.05) is 55.5 Å². The van der Waals surface area contributed by atoms with Gasteiger partial charge in [-0.15, -0.1) is 0 Å². The van der Waals surface area contributed by atoms with Gasteiger partial charge in [0.15, 0.2) is 0 Å². The third-order valence-corrected chi connectivity index (χ3v) is 5.86. The van der Waals surface area contributed by atoms with Gasteiger partial charge in [0, 0.05) is 25.2 Å². The van der Waals surface area contributed by atoms with E-state index in [0.717, 1.165) is 18.1 Å². The maximum atomic E-state index is 14.4. The Morgan fingerprint density at radius 3 is 2.66 bits per heavy atom. The van der Waals surface area contributed by atoms with Crippen molar-refractivity contribution in [2.45, 2.75) is 76.4 Å². The molecule has 0 radical (unpaired) electrons. The number of alkyl halides is 2. The van der Waals surface area contributed by atoms with Gasteiger partial charge < -0.3 is 14.9 Å². The number of benzene rings is 1. The standard InChI is InChI=1S/C26H36F2O4/c1-2-18-32-25(31)13-9-4-3-8-12-21-22(24(30)19-23(21)29)15-17-26(27,28)16-14-20-10-6-5-7-11-20/h3,5-8,10-11,15,17,21-24,29-30H,2,4,9,12-14,16,18-19H2,1H3/b8-3-,17-15+/t21-,22-,23+,24-/m1/s1. The van der Waals surface area contributed by atoms with E-state index in [1.165, 1.54) is 6.08 Å². The Hall–Kier alpha value is -2.05. The first-order valence-electron chi connectivity index (χ1n) is 11.6. The summed E-state index contributed by atoms with van der Waals surface area (Å²) in [6.45, 7) is 2.38. The third-order valence-electron chi connectivity index (χ3n) is 5.86. The zero-order chi connectivity index (χ0) is 23.4. The maximum absolute atomic E-state index is 14.4. The van der Waals surface area contributed by atoms with Crippen LogP contribution >= 0.6 is 0 Å². The summed E-state index contributed by atoms with van der Waals surface area (Å²) in [7, 11) is 0. The largest absolute Gasteiger partial charge is 0.466 e. The number of aliphatic hydroxyl groups excluding tert-OH is 2. The summed E-state index contributed by atoms with van der Waals surface area (Å²) in [6, 6.07) is 9.16. The first-order valence-corrected chi connectivity index (χ1v) is 11.6. The van der Waals surface area contributed by atoms with Crippen LogP contribution < -0.4 is 0 Å². The molecule has 1 saturated carbocycles. The minimum absolute atomic E-state index is 0.187. The molecule has 0 spiro atoms. The lowest BCUT2D eigenvalue weighted by Gasteiger charge is -2.20. The lowest BCUT2D eigenvalue weighted by atomic mass is 9.89. The third kappa shape index (κ3) is 9.21. The number of hydrogen-bond acceptors (Lipinski definition) is 4. The quantitative estimate of drug-likeness (QED) is 0.245. The Morgan fingerprint density at radius 1 is 1.19 bits per heavy atom. The Labute approximate surface area is 190 Å². The highest BCUT2D eigenvalue weighted by atomic mass is 19.3. The van der Waals surface area contributed by atoms with Crippen LogP contribution in [0.5, 0.6) is 0 Å². The number of rotatable bonds is 13. The van der Waals surface area contributed by atoms with Gasteiger partial charge in [-0.05, 0) is 49.7 Å². The van der Waals surface area contributed by atoms with Gasteiger partial charge in [-0.25, -0.2) is 8.78 Å². The topological polar surface area (TPSA) is 66.8 Å². The molecule has 0 amide bonds. The average Bonchev–Trinajstić information content (AvgIpc) is 3.04. The summed E-state index contributed by atoms with van der Waals surface area (Å²) in [4.78, 5) is 11.5. The minimum Gasteiger partial charge on any atom is -0.466 e. The van der Waals surface area contributed by atoms with Gasteiger partial charge in [0.05, 0.1) is 18.8 Å². The summed E-state index contributed by atoms with van der Waals surface area (Å²) in [5, 5.41) is 20.6. The number of aliphatic hydroxyl groups is 2. The highest BCUT2D eigenvalue weighted by Gasteiger charge is 2.40. The van der Waals surface area contributed by atoms with Gasteiger partial charge in [0.1, 0.15) is 0 Å². The van der Waals surface area contributed by atoms with Crippen LogP contribution in [0.1, 0.15) is 57.4 Å². The van der Waals surface area contributed by atoms with E-state index in [4.69, 9.17) is 4.74 Å². The molecule has 1 aliphatic carbocycles. The summed E-state index contributed by atoms with van der Waals surface area (Å²) < 4.78 is 33.8. The SMILES string of the molecule is CCCOC(=O)CCC/C=C\C[C@@H]1[C@@H](/C=C/C(F)(F)CCc2ccccc2)[C@H](O)C[C@@H]1O. The number of halogens is 2. The van der Waals surface area contributed by atoms with Gasteiger partial charge in [0.25, 0.3) is 5.92 Å². The fourth-order valence-corrected chi connectivity index (χ4v) is 4.02. The molecule has 2 N–H and O–H groups in total. The minimum atomic E-state index is -2.98. The zero-order valence-corrected chi connectivity index (χ0v) is 18.8. The molecule has 1 aliphatic rings. The van der Waals surface area contributed by atoms with Crippen molar-refractivity contribution >= 4 is 5.97 Å². The number of allylic oxidation sites excluding steroid dienone is 3. The maximum Gasteiger partial charge on any atom is 0.305 e. The van der Waals surface area contributed by atoms with Crippen molar-refractivity contribution in [3.63, 3.8) is 0 Å². The number of hydrogen-bond donors (Lipinski definition) is 2. The monoisotopic (exact) mass is 450 g/mol. The summed E-state index contributed by atoms with van der Waals surface area (Å²) in [5.41, 5.74) is 0.860. The molecule has 1 aromatic carbocycles. The van der Waals surface area contributed by atoms with Crippen molar-refractivity contribution in [1.29, 1.82) is 0 Å². The average molecular weight is 451 g/mol. The van der Waals surface area contributed by atoms with E-state index in [2.05, 4.69) is 0 Å². The van der Waals surface area contributed by atoms with Crippen molar-refractivity contribution < 1.29 is 28.5 Å². The first-order chi connectivity index (χ1) is 15.3. The second kappa shape index (κ2) is 13.5. The van der Waals surface area contributed by atoms with Crippen LogP contribution in [0, 0.1) is 11.8 Å². The van der Waals surface area contributed by atoms with Crippen molar-refractivity contribution in [2.75, 3.05) is 6.61 Å². The molecule has 4 nitrogen and oxygen atoms in total. The number of esters is 1. The Bertz CT molecular complexity index is 733. The highest BCUT2D eigenvalue weighted by molar-refractivity contribution is 5.69. The highest BCUT2D eigenvalue weighted by Crippen LogP contribution is 2.37. The summed E-state index contributed by atoms with van der Waals surface area (Å²) in [5.74, 6) is -4.00. The molecular weight excluding hydrogens is 414 g/mol. The zero-order valence-electron chi connectivity index (χ0n) is 18.8. The second-order valence-electron chi connectivity index (χ2n) is 8.54. The van der Waals surface area contributed by atoms with E-state index >= 15 is 0 Å². The molecule has 0 saturated heterocycles. The van der Waals surface area contributed by atoms with Crippen LogP contribution in [0.4, 0.5) is 8.78 Å². The predicted octanol–water partition coefficient (Wildman–Crippen LogP) is 5.24. The van der Waals surface area contributed by atoms with E-state index in [0.29, 0.717) is 32.3 Å². The molecule has 178 valence electrons. The van der Waals surface area contributed by atoms with E-state index in [9.17, 15) is 23.8 Å². The van der Waals surface area contributed by atoms with E-state index in [1.807, 2.05) is 49.4 Å². The molecular formula is C26H36F2O4. The van der Waals surface area contributed by atoms with Crippen LogP contribution in [0.25, 0.3) is 0 Å².